The zero-order valence-electron chi connectivity index (χ0n) is 11.4. The molecule has 2 heterocycles. The zero-order valence-corrected chi connectivity index (χ0v) is 11.4. The SMILES string of the molecule is Nc1nnnn1N=Cc1ccc(-c2cccc(C(F)(F)F)c2)o1. The summed E-state index contributed by atoms with van der Waals surface area (Å²) >= 11 is 0. The highest BCUT2D eigenvalue weighted by Gasteiger charge is 2.30. The highest BCUT2D eigenvalue weighted by molar-refractivity contribution is 5.77. The summed E-state index contributed by atoms with van der Waals surface area (Å²) in [7, 11) is 0. The molecule has 0 aliphatic rings. The van der Waals surface area contributed by atoms with Crippen LogP contribution in [0.15, 0.2) is 45.9 Å². The van der Waals surface area contributed by atoms with Crippen molar-refractivity contribution < 1.29 is 17.6 Å². The minimum atomic E-state index is -4.41. The quantitative estimate of drug-likeness (QED) is 0.747. The zero-order chi connectivity index (χ0) is 16.4. The molecular formula is C13H9F3N6O. The Labute approximate surface area is 127 Å². The maximum atomic E-state index is 12.7. The van der Waals surface area contributed by atoms with Crippen molar-refractivity contribution in [2.75, 3.05) is 5.73 Å². The van der Waals surface area contributed by atoms with Gasteiger partial charge >= 0.3 is 6.18 Å². The molecule has 0 radical (unpaired) electrons. The van der Waals surface area contributed by atoms with E-state index < -0.39 is 11.7 Å². The van der Waals surface area contributed by atoms with Crippen molar-refractivity contribution in [2.24, 2.45) is 5.10 Å². The lowest BCUT2D eigenvalue weighted by Gasteiger charge is -2.07. The summed E-state index contributed by atoms with van der Waals surface area (Å²) < 4.78 is 43.6. The third-order valence-electron chi connectivity index (χ3n) is 2.87. The van der Waals surface area contributed by atoms with Crippen molar-refractivity contribution in [2.45, 2.75) is 6.18 Å². The van der Waals surface area contributed by atoms with Crippen molar-refractivity contribution >= 4 is 12.2 Å². The van der Waals surface area contributed by atoms with Crippen LogP contribution in [-0.2, 0) is 6.18 Å². The van der Waals surface area contributed by atoms with Gasteiger partial charge in [-0.15, -0.1) is 0 Å². The van der Waals surface area contributed by atoms with Gasteiger partial charge in [-0.25, -0.2) is 0 Å². The Morgan fingerprint density at radius 2 is 2.04 bits per heavy atom. The van der Waals surface area contributed by atoms with Gasteiger partial charge in [0, 0.05) is 5.56 Å². The maximum Gasteiger partial charge on any atom is 0.416 e. The number of hydrogen-bond donors (Lipinski definition) is 1. The van der Waals surface area contributed by atoms with Crippen molar-refractivity contribution in [1.29, 1.82) is 0 Å². The van der Waals surface area contributed by atoms with Gasteiger partial charge in [-0.3, -0.25) is 0 Å². The van der Waals surface area contributed by atoms with Crippen molar-refractivity contribution in [1.82, 2.24) is 20.3 Å². The van der Waals surface area contributed by atoms with Crippen LogP contribution in [0.4, 0.5) is 19.1 Å². The van der Waals surface area contributed by atoms with Crippen LogP contribution < -0.4 is 5.73 Å². The summed E-state index contributed by atoms with van der Waals surface area (Å²) in [6.45, 7) is 0. The van der Waals surface area contributed by atoms with E-state index in [9.17, 15) is 13.2 Å². The lowest BCUT2D eigenvalue weighted by molar-refractivity contribution is -0.137. The van der Waals surface area contributed by atoms with Crippen LogP contribution in [0.2, 0.25) is 0 Å². The van der Waals surface area contributed by atoms with Crippen molar-refractivity contribution in [3.05, 3.63) is 47.7 Å². The molecule has 0 saturated carbocycles. The molecule has 118 valence electrons. The second kappa shape index (κ2) is 5.55. The number of benzene rings is 1. The number of halogens is 3. The van der Waals surface area contributed by atoms with Crippen LogP contribution in [0.25, 0.3) is 11.3 Å². The summed E-state index contributed by atoms with van der Waals surface area (Å²) in [5, 5.41) is 14.1. The fraction of sp³-hybridized carbons (Fsp3) is 0.0769. The number of nitrogens with zero attached hydrogens (tertiary/aromatic N) is 5. The van der Waals surface area contributed by atoms with Gasteiger partial charge in [0.05, 0.1) is 11.8 Å². The summed E-state index contributed by atoms with van der Waals surface area (Å²) in [5.74, 6) is 0.584. The predicted octanol–water partition coefficient (Wildman–Crippen LogP) is 2.42. The molecule has 3 aromatic rings. The third-order valence-corrected chi connectivity index (χ3v) is 2.87. The number of alkyl halides is 3. The standard InChI is InChI=1S/C13H9F3N6O/c14-13(15,16)9-3-1-2-8(6-9)11-5-4-10(23-11)7-18-22-12(17)19-20-21-22/h1-7H,(H2,17,19,21). The first-order valence-corrected chi connectivity index (χ1v) is 6.29. The number of tetrazole rings is 1. The number of hydrogen-bond acceptors (Lipinski definition) is 6. The van der Waals surface area contributed by atoms with Crippen LogP contribution in [0.5, 0.6) is 0 Å². The fourth-order valence-corrected chi connectivity index (χ4v) is 1.81. The van der Waals surface area contributed by atoms with Crippen LogP contribution in [0, 0.1) is 0 Å². The van der Waals surface area contributed by atoms with Crippen LogP contribution in [0.3, 0.4) is 0 Å². The number of rotatable bonds is 3. The first-order chi connectivity index (χ1) is 10.9. The van der Waals surface area contributed by atoms with E-state index in [0.29, 0.717) is 11.3 Å². The molecule has 3 rings (SSSR count). The van der Waals surface area contributed by atoms with Gasteiger partial charge in [-0.05, 0) is 34.7 Å². The minimum absolute atomic E-state index is 0.00842. The molecule has 0 unspecified atom stereocenters. The molecule has 0 aliphatic heterocycles. The van der Waals surface area contributed by atoms with Crippen LogP contribution >= 0.6 is 0 Å². The topological polar surface area (TPSA) is 95.1 Å². The third kappa shape index (κ3) is 3.20. The molecule has 1 aromatic carbocycles. The van der Waals surface area contributed by atoms with Gasteiger partial charge in [0.1, 0.15) is 11.5 Å². The molecule has 0 fully saturated rings. The smallest absolute Gasteiger partial charge is 0.416 e. The van der Waals surface area contributed by atoms with Crippen LogP contribution in [-0.4, -0.2) is 26.5 Å². The molecule has 7 nitrogen and oxygen atoms in total. The van der Waals surface area contributed by atoms with E-state index in [2.05, 4.69) is 20.6 Å². The predicted molar refractivity (Wildman–Crippen MR) is 74.4 cm³/mol. The molecule has 2 aromatic heterocycles. The summed E-state index contributed by atoms with van der Waals surface area (Å²) in [4.78, 5) is 0.979. The first-order valence-electron chi connectivity index (χ1n) is 6.29. The highest BCUT2D eigenvalue weighted by Crippen LogP contribution is 2.32. The van der Waals surface area contributed by atoms with E-state index >= 15 is 0 Å². The second-order valence-corrected chi connectivity index (χ2v) is 4.45. The molecule has 0 spiro atoms. The molecule has 2 N–H and O–H groups in total. The Hall–Kier alpha value is -3.17. The Bertz CT molecular complexity index is 851. The van der Waals surface area contributed by atoms with E-state index in [1.807, 2.05) is 0 Å². The van der Waals surface area contributed by atoms with Gasteiger partial charge in [0.25, 0.3) is 5.95 Å². The monoisotopic (exact) mass is 322 g/mol. The Morgan fingerprint density at radius 1 is 1.22 bits per heavy atom. The van der Waals surface area contributed by atoms with Gasteiger partial charge in [0.2, 0.25) is 0 Å². The van der Waals surface area contributed by atoms with Gasteiger partial charge in [-0.1, -0.05) is 22.0 Å². The second-order valence-electron chi connectivity index (χ2n) is 4.45. The largest absolute Gasteiger partial charge is 0.455 e. The molecule has 10 heteroatoms. The molecule has 23 heavy (non-hydrogen) atoms. The molecule has 0 aliphatic carbocycles. The number of furan rings is 1. The Kier molecular flexibility index (Phi) is 3.56. The lowest BCUT2D eigenvalue weighted by atomic mass is 10.1. The van der Waals surface area contributed by atoms with E-state index in [4.69, 9.17) is 10.2 Å². The van der Waals surface area contributed by atoms with Crippen molar-refractivity contribution in [3.63, 3.8) is 0 Å². The summed E-state index contributed by atoms with van der Waals surface area (Å²) in [6.07, 6.45) is -3.12. The van der Waals surface area contributed by atoms with Gasteiger partial charge in [-0.2, -0.15) is 18.3 Å². The fourth-order valence-electron chi connectivity index (χ4n) is 1.81. The first kappa shape index (κ1) is 14.8. The van der Waals surface area contributed by atoms with Crippen molar-refractivity contribution in [3.8, 4) is 11.3 Å². The van der Waals surface area contributed by atoms with E-state index in [-0.39, 0.29) is 11.7 Å². The van der Waals surface area contributed by atoms with Crippen LogP contribution in [0.1, 0.15) is 11.3 Å². The molecule has 0 atom stereocenters. The number of nitrogens with two attached hydrogens (primary N) is 1. The number of aromatic nitrogens is 4. The highest BCUT2D eigenvalue weighted by atomic mass is 19.4. The Balaban J connectivity index is 1.85. The summed E-state index contributed by atoms with van der Waals surface area (Å²) in [5.41, 5.74) is 4.99. The van der Waals surface area contributed by atoms with E-state index in [0.717, 1.165) is 16.9 Å². The summed E-state index contributed by atoms with van der Waals surface area (Å²) in [6, 6.07) is 7.94. The van der Waals surface area contributed by atoms with Gasteiger partial charge < -0.3 is 10.2 Å². The van der Waals surface area contributed by atoms with Gasteiger partial charge in [0.15, 0.2) is 0 Å². The number of anilines is 1. The minimum Gasteiger partial charge on any atom is -0.455 e. The normalized spacial score (nSPS) is 12.1. The van der Waals surface area contributed by atoms with E-state index in [1.165, 1.54) is 18.3 Å². The average Bonchev–Trinajstić information content (AvgIpc) is 3.13. The lowest BCUT2D eigenvalue weighted by Crippen LogP contribution is -2.04. The molecular weight excluding hydrogens is 313 g/mol. The maximum absolute atomic E-state index is 12.7. The van der Waals surface area contributed by atoms with E-state index in [1.54, 1.807) is 12.1 Å². The molecule has 0 saturated heterocycles. The molecule has 0 bridgehead atoms. The molecule has 0 amide bonds. The number of nitrogen functional groups attached to an aromatic ring is 1. The Morgan fingerprint density at radius 3 is 2.74 bits per heavy atom. The average molecular weight is 322 g/mol.